The van der Waals surface area contributed by atoms with Crippen molar-refractivity contribution >= 4 is 11.7 Å². The van der Waals surface area contributed by atoms with Crippen molar-refractivity contribution in [2.24, 2.45) is 0 Å². The van der Waals surface area contributed by atoms with Crippen LogP contribution in [-0.2, 0) is 18.4 Å². The normalized spacial score (nSPS) is 16.4. The highest BCUT2D eigenvalue weighted by molar-refractivity contribution is 5.98. The number of nitrogens with one attached hydrogen (secondary N) is 1. The SMILES string of the molecule is CC(C)(C)c1ccc([C@@H]2CC(=O)c3cnc(NCc4ccccc4)nc3C2)cc1. The van der Waals surface area contributed by atoms with Gasteiger partial charge >= 0.3 is 0 Å². The Morgan fingerprint density at radius 2 is 1.72 bits per heavy atom. The molecule has 4 nitrogen and oxygen atoms in total. The summed E-state index contributed by atoms with van der Waals surface area (Å²) in [6.07, 6.45) is 2.96. The smallest absolute Gasteiger partial charge is 0.223 e. The van der Waals surface area contributed by atoms with Gasteiger partial charge in [0.15, 0.2) is 5.78 Å². The van der Waals surface area contributed by atoms with E-state index in [4.69, 9.17) is 0 Å². The summed E-state index contributed by atoms with van der Waals surface area (Å²) in [6.45, 7) is 7.29. The van der Waals surface area contributed by atoms with Gasteiger partial charge in [-0.3, -0.25) is 4.79 Å². The second kappa shape index (κ2) is 7.78. The fourth-order valence-corrected chi connectivity index (χ4v) is 3.80. The lowest BCUT2D eigenvalue weighted by atomic mass is 9.80. The van der Waals surface area contributed by atoms with Crippen LogP contribution in [0.25, 0.3) is 0 Å². The first-order chi connectivity index (χ1) is 13.9. The van der Waals surface area contributed by atoms with Crippen molar-refractivity contribution in [3.63, 3.8) is 0 Å². The molecular formula is C25H27N3O. The zero-order valence-electron chi connectivity index (χ0n) is 17.3. The maximum Gasteiger partial charge on any atom is 0.223 e. The Balaban J connectivity index is 1.52. The number of carbonyl (C=O) groups excluding carboxylic acids is 1. The quantitative estimate of drug-likeness (QED) is 0.662. The number of hydrogen-bond acceptors (Lipinski definition) is 4. The predicted molar refractivity (Wildman–Crippen MR) is 116 cm³/mol. The minimum Gasteiger partial charge on any atom is -0.350 e. The van der Waals surface area contributed by atoms with Gasteiger partial charge < -0.3 is 5.32 Å². The topological polar surface area (TPSA) is 54.9 Å². The van der Waals surface area contributed by atoms with Crippen molar-refractivity contribution in [1.29, 1.82) is 0 Å². The Kier molecular flexibility index (Phi) is 5.18. The summed E-state index contributed by atoms with van der Waals surface area (Å²) in [5, 5.41) is 3.27. The zero-order valence-corrected chi connectivity index (χ0v) is 17.3. The molecule has 0 bridgehead atoms. The lowest BCUT2D eigenvalue weighted by Crippen LogP contribution is -2.21. The predicted octanol–water partition coefficient (Wildman–Crippen LogP) is 5.30. The summed E-state index contributed by atoms with van der Waals surface area (Å²) in [7, 11) is 0. The van der Waals surface area contributed by atoms with E-state index in [0.717, 1.165) is 12.1 Å². The third-order valence-corrected chi connectivity index (χ3v) is 5.58. The minimum absolute atomic E-state index is 0.125. The lowest BCUT2D eigenvalue weighted by Gasteiger charge is -2.25. The average Bonchev–Trinajstić information content (AvgIpc) is 2.72. The van der Waals surface area contributed by atoms with Crippen molar-refractivity contribution in [2.45, 2.75) is 51.5 Å². The number of nitrogens with zero attached hydrogens (tertiary/aromatic N) is 2. The number of benzene rings is 2. The van der Waals surface area contributed by atoms with Crippen LogP contribution in [0.3, 0.4) is 0 Å². The van der Waals surface area contributed by atoms with E-state index in [1.807, 2.05) is 18.2 Å². The maximum atomic E-state index is 12.7. The number of fused-ring (bicyclic) bond motifs is 1. The number of Topliss-reactive ketones (excluding diaryl/α,β-unsaturated/α-hetero) is 1. The van der Waals surface area contributed by atoms with Gasteiger partial charge in [0.2, 0.25) is 5.95 Å². The van der Waals surface area contributed by atoms with Gasteiger partial charge in [0, 0.05) is 19.2 Å². The third kappa shape index (κ3) is 4.37. The molecule has 2 aromatic carbocycles. The highest BCUT2D eigenvalue weighted by Gasteiger charge is 2.28. The number of anilines is 1. The van der Waals surface area contributed by atoms with E-state index in [1.165, 1.54) is 16.7 Å². The minimum atomic E-state index is 0.125. The Bertz CT molecular complexity index is 1000. The Labute approximate surface area is 172 Å². The Hall–Kier alpha value is -3.01. The molecule has 1 aliphatic rings. The molecule has 0 amide bonds. The number of hydrogen-bond donors (Lipinski definition) is 1. The molecule has 1 atom stereocenters. The summed E-state index contributed by atoms with van der Waals surface area (Å²) in [5.41, 5.74) is 5.31. The zero-order chi connectivity index (χ0) is 20.4. The highest BCUT2D eigenvalue weighted by Crippen LogP contribution is 2.33. The van der Waals surface area contributed by atoms with Crippen LogP contribution in [0, 0.1) is 0 Å². The number of rotatable bonds is 4. The van der Waals surface area contributed by atoms with Crippen molar-refractivity contribution < 1.29 is 4.79 Å². The monoisotopic (exact) mass is 385 g/mol. The molecule has 0 unspecified atom stereocenters. The molecule has 0 spiro atoms. The molecule has 0 radical (unpaired) electrons. The van der Waals surface area contributed by atoms with Gasteiger partial charge in [-0.05, 0) is 34.4 Å². The maximum absolute atomic E-state index is 12.7. The molecule has 0 aliphatic heterocycles. The molecule has 1 aliphatic carbocycles. The van der Waals surface area contributed by atoms with E-state index in [-0.39, 0.29) is 17.1 Å². The second-order valence-corrected chi connectivity index (χ2v) is 8.79. The molecule has 4 heteroatoms. The first-order valence-corrected chi connectivity index (χ1v) is 10.2. The molecule has 1 N–H and O–H groups in total. The summed E-state index contributed by atoms with van der Waals surface area (Å²) in [4.78, 5) is 21.7. The molecule has 0 saturated carbocycles. The van der Waals surface area contributed by atoms with Gasteiger partial charge in [0.1, 0.15) is 0 Å². The molecule has 1 aromatic heterocycles. The second-order valence-electron chi connectivity index (χ2n) is 8.79. The van der Waals surface area contributed by atoms with Crippen LogP contribution in [0.4, 0.5) is 5.95 Å². The molecule has 0 saturated heterocycles. The van der Waals surface area contributed by atoms with Gasteiger partial charge in [0.05, 0.1) is 11.3 Å². The van der Waals surface area contributed by atoms with Crippen LogP contribution in [-0.4, -0.2) is 15.8 Å². The molecule has 1 heterocycles. The van der Waals surface area contributed by atoms with Gasteiger partial charge in [-0.2, -0.15) is 0 Å². The van der Waals surface area contributed by atoms with E-state index >= 15 is 0 Å². The first-order valence-electron chi connectivity index (χ1n) is 10.2. The summed E-state index contributed by atoms with van der Waals surface area (Å²) in [5.74, 6) is 0.871. The van der Waals surface area contributed by atoms with Crippen LogP contribution >= 0.6 is 0 Å². The van der Waals surface area contributed by atoms with Crippen LogP contribution in [0.5, 0.6) is 0 Å². The van der Waals surface area contributed by atoms with Crippen molar-refractivity contribution in [2.75, 3.05) is 5.32 Å². The molecule has 148 valence electrons. The van der Waals surface area contributed by atoms with Crippen LogP contribution < -0.4 is 5.32 Å². The van der Waals surface area contributed by atoms with Gasteiger partial charge in [-0.15, -0.1) is 0 Å². The van der Waals surface area contributed by atoms with E-state index < -0.39 is 0 Å². The molecular weight excluding hydrogens is 358 g/mol. The largest absolute Gasteiger partial charge is 0.350 e. The summed E-state index contributed by atoms with van der Waals surface area (Å²) < 4.78 is 0. The van der Waals surface area contributed by atoms with Crippen molar-refractivity contribution in [1.82, 2.24) is 9.97 Å². The van der Waals surface area contributed by atoms with Gasteiger partial charge in [0.25, 0.3) is 0 Å². The van der Waals surface area contributed by atoms with E-state index in [9.17, 15) is 4.79 Å². The Morgan fingerprint density at radius 3 is 2.41 bits per heavy atom. The molecule has 29 heavy (non-hydrogen) atoms. The van der Waals surface area contributed by atoms with E-state index in [1.54, 1.807) is 6.20 Å². The fourth-order valence-electron chi connectivity index (χ4n) is 3.80. The van der Waals surface area contributed by atoms with Crippen molar-refractivity contribution in [3.8, 4) is 0 Å². The van der Waals surface area contributed by atoms with Gasteiger partial charge in [-0.1, -0.05) is 75.4 Å². The summed E-state index contributed by atoms with van der Waals surface area (Å²) >= 11 is 0. The van der Waals surface area contributed by atoms with E-state index in [2.05, 4.69) is 72.5 Å². The average molecular weight is 386 g/mol. The van der Waals surface area contributed by atoms with Gasteiger partial charge in [-0.25, -0.2) is 9.97 Å². The fraction of sp³-hybridized carbons (Fsp3) is 0.320. The summed E-state index contributed by atoms with van der Waals surface area (Å²) in [6, 6.07) is 18.8. The molecule has 0 fully saturated rings. The number of aromatic nitrogens is 2. The molecule has 4 rings (SSSR count). The standard InChI is InChI=1S/C25H27N3O/c1-25(2,3)20-11-9-18(10-12-20)19-13-22-21(23(29)14-19)16-27-24(28-22)26-15-17-7-5-4-6-8-17/h4-12,16,19H,13-15H2,1-3H3,(H,26,27,28)/t19-/m0/s1. The lowest BCUT2D eigenvalue weighted by molar-refractivity contribution is 0.0962. The van der Waals surface area contributed by atoms with Crippen molar-refractivity contribution in [3.05, 3.63) is 88.7 Å². The Morgan fingerprint density at radius 1 is 1.00 bits per heavy atom. The third-order valence-electron chi connectivity index (χ3n) is 5.58. The first kappa shape index (κ1) is 19.3. The number of ketones is 1. The highest BCUT2D eigenvalue weighted by atomic mass is 16.1. The van der Waals surface area contributed by atoms with Crippen LogP contribution in [0.15, 0.2) is 60.8 Å². The van der Waals surface area contributed by atoms with E-state index in [0.29, 0.717) is 24.5 Å². The van der Waals surface area contributed by atoms with Crippen LogP contribution in [0.2, 0.25) is 0 Å². The van der Waals surface area contributed by atoms with Crippen LogP contribution in [0.1, 0.15) is 65.9 Å². The number of carbonyl (C=O) groups is 1. The molecule has 3 aromatic rings.